The molecule has 1 aliphatic carbocycles. The second-order valence-corrected chi connectivity index (χ2v) is 12.8. The first-order chi connectivity index (χ1) is 21.0. The molecule has 2 fully saturated rings. The number of carboxylic acid groups (broad SMARTS) is 1. The van der Waals surface area contributed by atoms with E-state index in [-0.39, 0.29) is 61.7 Å². The Morgan fingerprint density at radius 2 is 1.68 bits per heavy atom. The fraction of sp³-hybridized carbons (Fsp3) is 0.694. The van der Waals surface area contributed by atoms with Crippen molar-refractivity contribution in [3.05, 3.63) is 47.6 Å². The van der Waals surface area contributed by atoms with E-state index in [0.29, 0.717) is 24.7 Å². The molecule has 3 rings (SSSR count). The summed E-state index contributed by atoms with van der Waals surface area (Å²) in [5.41, 5.74) is 2.58. The van der Waals surface area contributed by atoms with E-state index in [2.05, 4.69) is 65.0 Å². The Labute approximate surface area is 263 Å². The average molecular weight is 615 g/mol. The van der Waals surface area contributed by atoms with Crippen molar-refractivity contribution < 1.29 is 38.4 Å². The molecule has 8 nitrogen and oxygen atoms in total. The van der Waals surface area contributed by atoms with Gasteiger partial charge in [-0.15, -0.1) is 0 Å². The van der Waals surface area contributed by atoms with Crippen molar-refractivity contribution >= 4 is 17.9 Å². The number of aliphatic carboxylic acids is 1. The van der Waals surface area contributed by atoms with Crippen LogP contribution in [0.4, 0.5) is 0 Å². The molecule has 1 saturated heterocycles. The minimum Gasteiger partial charge on any atom is -0.481 e. The average Bonchev–Trinajstić information content (AvgIpc) is 3.59. The molecule has 3 aliphatic rings. The Balaban J connectivity index is 1.70. The quantitative estimate of drug-likeness (QED) is 0.153. The molecule has 0 spiro atoms. The Hall–Kier alpha value is -2.71. The molecule has 246 valence electrons. The highest BCUT2D eigenvalue weighted by Crippen LogP contribution is 2.48. The molecule has 1 saturated carbocycles. The van der Waals surface area contributed by atoms with Crippen LogP contribution in [0.5, 0.6) is 0 Å². The zero-order chi connectivity index (χ0) is 32.4. The van der Waals surface area contributed by atoms with Gasteiger partial charge >= 0.3 is 17.9 Å². The van der Waals surface area contributed by atoms with Crippen LogP contribution in [0.2, 0.25) is 0 Å². The van der Waals surface area contributed by atoms with Crippen molar-refractivity contribution in [2.24, 2.45) is 23.7 Å². The third-order valence-corrected chi connectivity index (χ3v) is 8.97. The third-order valence-electron chi connectivity index (χ3n) is 8.97. The normalized spacial score (nSPS) is 33.2. The zero-order valence-corrected chi connectivity index (χ0v) is 27.7. The van der Waals surface area contributed by atoms with Gasteiger partial charge in [-0.2, -0.15) is 0 Å². The Bertz CT molecular complexity index is 1100. The molecule has 44 heavy (non-hydrogen) atoms. The van der Waals surface area contributed by atoms with Crippen molar-refractivity contribution in [1.29, 1.82) is 0 Å². The predicted octanol–water partition coefficient (Wildman–Crippen LogP) is 7.13. The van der Waals surface area contributed by atoms with Gasteiger partial charge in [0.2, 0.25) is 0 Å². The highest BCUT2D eigenvalue weighted by Gasteiger charge is 2.45. The van der Waals surface area contributed by atoms with Crippen molar-refractivity contribution in [3.8, 4) is 0 Å². The van der Waals surface area contributed by atoms with Crippen LogP contribution in [-0.4, -0.2) is 59.6 Å². The monoisotopic (exact) mass is 614 g/mol. The maximum atomic E-state index is 12.5. The molecular formula is C36H54O8. The maximum absolute atomic E-state index is 12.5. The van der Waals surface area contributed by atoms with E-state index < -0.39 is 30.4 Å². The van der Waals surface area contributed by atoms with Crippen LogP contribution in [0.15, 0.2) is 47.6 Å². The molecule has 2 aliphatic heterocycles. The van der Waals surface area contributed by atoms with Gasteiger partial charge in [0.1, 0.15) is 12.2 Å². The molecule has 0 amide bonds. The standard InChI is InChI=1S/C36H54O8/c1-8-11-34(39)43-32-20-26(21-33(37)38)41-31(36(32)44-35(40)12-9-2)18-16-28-25(7)27(28)15-13-22(4)19-24(6)30-17-14-23(5)29(10-3)42-30/h13-16,18-19,22,25-32,36H,8-12,17,20-21H2,1-7H3,(H,37,38)/b15-13+,18-16+,24-19+/t22-,25-,26+,27+,28+,29-,30-,31+,32+,36+/m1/s1. The topological polar surface area (TPSA) is 108 Å². The number of allylic oxidation sites excluding steroid dienone is 4. The lowest BCUT2D eigenvalue weighted by Crippen LogP contribution is -2.51. The molecular weight excluding hydrogens is 560 g/mol. The Morgan fingerprint density at radius 1 is 1.02 bits per heavy atom. The number of carbonyl (C=O) groups excluding carboxylic acids is 2. The highest BCUT2D eigenvalue weighted by molar-refractivity contribution is 5.71. The van der Waals surface area contributed by atoms with Crippen LogP contribution in [0, 0.1) is 23.7 Å². The van der Waals surface area contributed by atoms with E-state index >= 15 is 0 Å². The summed E-state index contributed by atoms with van der Waals surface area (Å²) >= 11 is 0. The van der Waals surface area contributed by atoms with Gasteiger partial charge in [0.25, 0.3) is 0 Å². The summed E-state index contributed by atoms with van der Waals surface area (Å²) in [6, 6.07) is 0. The van der Waals surface area contributed by atoms with Gasteiger partial charge in [-0.25, -0.2) is 0 Å². The predicted molar refractivity (Wildman–Crippen MR) is 170 cm³/mol. The molecule has 0 radical (unpaired) electrons. The van der Waals surface area contributed by atoms with Crippen molar-refractivity contribution in [2.75, 3.05) is 0 Å². The van der Waals surface area contributed by atoms with Gasteiger partial charge in [0.15, 0.2) is 6.10 Å². The van der Waals surface area contributed by atoms with Crippen LogP contribution < -0.4 is 0 Å². The van der Waals surface area contributed by atoms with E-state index in [1.165, 1.54) is 11.1 Å². The summed E-state index contributed by atoms with van der Waals surface area (Å²) in [7, 11) is 0. The van der Waals surface area contributed by atoms with Crippen LogP contribution in [0.1, 0.15) is 99.8 Å². The Morgan fingerprint density at radius 3 is 2.32 bits per heavy atom. The minimum absolute atomic E-state index is 0.125. The summed E-state index contributed by atoms with van der Waals surface area (Å²) < 4.78 is 24.0. The molecule has 8 heteroatoms. The third kappa shape index (κ3) is 10.4. The molecule has 0 aromatic heterocycles. The van der Waals surface area contributed by atoms with Crippen LogP contribution in [-0.2, 0) is 33.3 Å². The first-order valence-corrected chi connectivity index (χ1v) is 16.6. The molecule has 0 bridgehead atoms. The van der Waals surface area contributed by atoms with Crippen molar-refractivity contribution in [3.63, 3.8) is 0 Å². The number of hydrogen-bond acceptors (Lipinski definition) is 7. The summed E-state index contributed by atoms with van der Waals surface area (Å²) in [6.45, 7) is 14.6. The molecule has 1 N–H and O–H groups in total. The number of hydrogen-bond donors (Lipinski definition) is 1. The second kappa shape index (κ2) is 17.1. The lowest BCUT2D eigenvalue weighted by atomic mass is 9.95. The van der Waals surface area contributed by atoms with E-state index in [1.54, 1.807) is 0 Å². The number of carbonyl (C=O) groups is 3. The number of ether oxygens (including phenoxy) is 4. The minimum atomic E-state index is -0.996. The zero-order valence-electron chi connectivity index (χ0n) is 27.7. The smallest absolute Gasteiger partial charge is 0.306 e. The van der Waals surface area contributed by atoms with Crippen LogP contribution in [0.3, 0.4) is 0 Å². The number of carboxylic acids is 1. The summed E-state index contributed by atoms with van der Waals surface area (Å²) in [5.74, 6) is -0.440. The molecule has 10 atom stereocenters. The molecule has 0 unspecified atom stereocenters. The second-order valence-electron chi connectivity index (χ2n) is 12.8. The molecule has 0 aromatic carbocycles. The van der Waals surface area contributed by atoms with Gasteiger partial charge in [0.05, 0.1) is 24.7 Å². The maximum Gasteiger partial charge on any atom is 0.306 e. The van der Waals surface area contributed by atoms with Crippen LogP contribution >= 0.6 is 0 Å². The highest BCUT2D eigenvalue weighted by atomic mass is 16.6. The van der Waals surface area contributed by atoms with Crippen LogP contribution in [0.25, 0.3) is 0 Å². The van der Waals surface area contributed by atoms with Gasteiger partial charge < -0.3 is 24.1 Å². The summed E-state index contributed by atoms with van der Waals surface area (Å²) in [6.07, 6.45) is 14.0. The summed E-state index contributed by atoms with van der Waals surface area (Å²) in [4.78, 5) is 36.5. The van der Waals surface area contributed by atoms with Gasteiger partial charge in [-0.3, -0.25) is 14.4 Å². The SMILES string of the molecule is CCCC(=O)O[C@H]1[C@H](/C=C/[C@H]2[C@H](C)[C@@H]2/C=C/[C@@H](C)/C=C(\C)[C@H]2CC=C(C)[C@@H](CC)O2)O[C@H](CC(=O)O)C[C@@H]1OC(=O)CCC. The molecule has 0 aromatic rings. The first-order valence-electron chi connectivity index (χ1n) is 16.6. The largest absolute Gasteiger partial charge is 0.481 e. The van der Waals surface area contributed by atoms with Gasteiger partial charge in [-0.1, -0.05) is 71.1 Å². The van der Waals surface area contributed by atoms with E-state index in [1.807, 2.05) is 19.9 Å². The van der Waals surface area contributed by atoms with Gasteiger partial charge in [-0.05, 0) is 74.3 Å². The van der Waals surface area contributed by atoms with E-state index in [9.17, 15) is 19.5 Å². The lowest BCUT2D eigenvalue weighted by Gasteiger charge is -2.39. The van der Waals surface area contributed by atoms with Gasteiger partial charge in [0, 0.05) is 19.3 Å². The fourth-order valence-electron chi connectivity index (χ4n) is 6.29. The van der Waals surface area contributed by atoms with Crippen molar-refractivity contribution in [2.45, 2.75) is 136 Å². The van der Waals surface area contributed by atoms with E-state index in [4.69, 9.17) is 18.9 Å². The lowest BCUT2D eigenvalue weighted by molar-refractivity contribution is -0.202. The first kappa shape index (κ1) is 35.8. The number of esters is 2. The summed E-state index contributed by atoms with van der Waals surface area (Å²) in [5, 5.41) is 9.44. The van der Waals surface area contributed by atoms with E-state index in [0.717, 1.165) is 12.8 Å². The molecule has 2 heterocycles. The number of rotatable bonds is 15. The Kier molecular flexibility index (Phi) is 13.9. The fourth-order valence-corrected chi connectivity index (χ4v) is 6.29. The van der Waals surface area contributed by atoms with Crippen molar-refractivity contribution in [1.82, 2.24) is 0 Å².